The van der Waals surface area contributed by atoms with Gasteiger partial charge in [-0.2, -0.15) is 0 Å². The van der Waals surface area contributed by atoms with Gasteiger partial charge < -0.3 is 4.74 Å². The summed E-state index contributed by atoms with van der Waals surface area (Å²) in [5.74, 6) is 5.61. The van der Waals surface area contributed by atoms with Crippen molar-refractivity contribution in [3.63, 3.8) is 0 Å². The monoisotopic (exact) mass is 257 g/mol. The van der Waals surface area contributed by atoms with E-state index in [4.69, 9.17) is 4.74 Å². The third kappa shape index (κ3) is 3.00. The number of methoxy groups -OCH3 is 1. The topological polar surface area (TPSA) is 22.1 Å². The third-order valence-electron chi connectivity index (χ3n) is 1.45. The highest BCUT2D eigenvalue weighted by molar-refractivity contribution is 9.09. The molecule has 0 N–H and O–H groups in total. The van der Waals surface area contributed by atoms with Gasteiger partial charge in [-0.3, -0.25) is 0 Å². The molecule has 74 valence electrons. The van der Waals surface area contributed by atoms with Crippen LogP contribution in [-0.4, -0.2) is 17.4 Å². The molecule has 0 spiro atoms. The van der Waals surface area contributed by atoms with Crippen LogP contribution in [0.4, 0.5) is 4.39 Å². The molecule has 0 saturated carbocycles. The molecule has 0 aliphatic heterocycles. The molecule has 1 rings (SSSR count). The standard InChI is InChI=1S/C10H9BrFNO/c1-14-10-8(4-2-3-5-11)6-9(12)7-13-10/h6-7H,3,5H2,1H3. The van der Waals surface area contributed by atoms with Gasteiger partial charge in [-0.1, -0.05) is 27.8 Å². The first-order chi connectivity index (χ1) is 6.77. The van der Waals surface area contributed by atoms with E-state index in [0.717, 1.165) is 11.5 Å². The molecule has 0 radical (unpaired) electrons. The van der Waals surface area contributed by atoms with Crippen LogP contribution in [0.2, 0.25) is 0 Å². The maximum absolute atomic E-state index is 12.8. The van der Waals surface area contributed by atoms with Crippen molar-refractivity contribution in [3.8, 4) is 17.7 Å². The van der Waals surface area contributed by atoms with Gasteiger partial charge in [0, 0.05) is 11.8 Å². The highest BCUT2D eigenvalue weighted by Crippen LogP contribution is 2.13. The van der Waals surface area contributed by atoms with Gasteiger partial charge in [-0.15, -0.1) is 0 Å². The van der Waals surface area contributed by atoms with Gasteiger partial charge in [0.15, 0.2) is 0 Å². The van der Waals surface area contributed by atoms with Crippen LogP contribution in [-0.2, 0) is 0 Å². The molecular formula is C10H9BrFNO. The second-order valence-corrected chi connectivity index (χ2v) is 3.24. The summed E-state index contributed by atoms with van der Waals surface area (Å²) in [7, 11) is 1.48. The Bertz CT molecular complexity index is 370. The van der Waals surface area contributed by atoms with Gasteiger partial charge in [0.2, 0.25) is 5.88 Å². The number of alkyl halides is 1. The predicted molar refractivity (Wildman–Crippen MR) is 56.0 cm³/mol. The lowest BCUT2D eigenvalue weighted by Crippen LogP contribution is -1.92. The van der Waals surface area contributed by atoms with Gasteiger partial charge in [0.05, 0.1) is 18.9 Å². The summed E-state index contributed by atoms with van der Waals surface area (Å²) >= 11 is 3.25. The number of pyridine rings is 1. The second-order valence-electron chi connectivity index (χ2n) is 2.45. The molecule has 0 atom stereocenters. The van der Waals surface area contributed by atoms with Gasteiger partial charge in [-0.05, 0) is 6.07 Å². The quantitative estimate of drug-likeness (QED) is 0.600. The Kier molecular flexibility index (Phi) is 4.41. The van der Waals surface area contributed by atoms with Crippen molar-refractivity contribution < 1.29 is 9.13 Å². The Hall–Kier alpha value is -1.08. The van der Waals surface area contributed by atoms with Crippen LogP contribution in [0.1, 0.15) is 12.0 Å². The zero-order valence-electron chi connectivity index (χ0n) is 7.68. The molecule has 0 bridgehead atoms. The summed E-state index contributed by atoms with van der Waals surface area (Å²) in [5, 5.41) is 0.797. The lowest BCUT2D eigenvalue weighted by Gasteiger charge is -2.00. The van der Waals surface area contributed by atoms with Crippen molar-refractivity contribution in [3.05, 3.63) is 23.6 Å². The van der Waals surface area contributed by atoms with Crippen molar-refractivity contribution in [1.82, 2.24) is 4.98 Å². The smallest absolute Gasteiger partial charge is 0.229 e. The molecule has 0 saturated heterocycles. The normalized spacial score (nSPS) is 9.07. The fourth-order valence-corrected chi connectivity index (χ4v) is 1.08. The van der Waals surface area contributed by atoms with Crippen molar-refractivity contribution in [2.45, 2.75) is 6.42 Å². The van der Waals surface area contributed by atoms with Gasteiger partial charge in [0.25, 0.3) is 0 Å². The maximum atomic E-state index is 12.8. The van der Waals surface area contributed by atoms with Crippen LogP contribution in [0, 0.1) is 17.7 Å². The summed E-state index contributed by atoms with van der Waals surface area (Å²) in [6, 6.07) is 1.31. The maximum Gasteiger partial charge on any atom is 0.229 e. The first-order valence-corrected chi connectivity index (χ1v) is 5.14. The van der Waals surface area contributed by atoms with Crippen molar-refractivity contribution >= 4 is 15.9 Å². The number of ether oxygens (including phenoxy) is 1. The number of hydrogen-bond acceptors (Lipinski definition) is 2. The van der Waals surface area contributed by atoms with E-state index in [1.54, 1.807) is 0 Å². The molecule has 0 aliphatic carbocycles. The molecular weight excluding hydrogens is 249 g/mol. The van der Waals surface area contributed by atoms with E-state index in [1.165, 1.54) is 13.2 Å². The van der Waals surface area contributed by atoms with E-state index >= 15 is 0 Å². The minimum absolute atomic E-state index is 0.355. The average Bonchev–Trinajstić information content (AvgIpc) is 2.19. The van der Waals surface area contributed by atoms with Gasteiger partial charge in [0.1, 0.15) is 5.82 Å². The SMILES string of the molecule is COc1ncc(F)cc1C#CCCBr. The summed E-state index contributed by atoms with van der Waals surface area (Å²) in [5.41, 5.74) is 0.480. The van der Waals surface area contributed by atoms with Crippen LogP contribution >= 0.6 is 15.9 Å². The molecule has 4 heteroatoms. The van der Waals surface area contributed by atoms with E-state index in [1.807, 2.05) is 0 Å². The minimum atomic E-state index is -0.408. The second kappa shape index (κ2) is 5.61. The number of aromatic nitrogens is 1. The number of hydrogen-bond donors (Lipinski definition) is 0. The Labute approximate surface area is 90.6 Å². The molecule has 2 nitrogen and oxygen atoms in total. The summed E-state index contributed by atoms with van der Waals surface area (Å²) in [6.07, 6.45) is 1.81. The molecule has 1 aromatic rings. The first kappa shape index (κ1) is 11.0. The van der Waals surface area contributed by atoms with Crippen molar-refractivity contribution in [2.24, 2.45) is 0 Å². The van der Waals surface area contributed by atoms with E-state index in [2.05, 4.69) is 32.8 Å². The highest BCUT2D eigenvalue weighted by Gasteiger charge is 2.02. The fraction of sp³-hybridized carbons (Fsp3) is 0.300. The van der Waals surface area contributed by atoms with Crippen LogP contribution in [0.5, 0.6) is 5.88 Å². The lowest BCUT2D eigenvalue weighted by atomic mass is 10.2. The van der Waals surface area contributed by atoms with E-state index in [0.29, 0.717) is 17.9 Å². The average molecular weight is 258 g/mol. The molecule has 0 fully saturated rings. The van der Waals surface area contributed by atoms with Crippen LogP contribution in [0.15, 0.2) is 12.3 Å². The predicted octanol–water partition coefficient (Wildman–Crippen LogP) is 2.37. The van der Waals surface area contributed by atoms with Crippen molar-refractivity contribution in [2.75, 3.05) is 12.4 Å². The molecule has 0 aliphatic rings. The third-order valence-corrected chi connectivity index (χ3v) is 1.85. The molecule has 1 heterocycles. The zero-order chi connectivity index (χ0) is 10.4. The number of rotatable bonds is 2. The zero-order valence-corrected chi connectivity index (χ0v) is 9.27. The van der Waals surface area contributed by atoms with Crippen LogP contribution in [0.25, 0.3) is 0 Å². The Morgan fingerprint density at radius 1 is 1.64 bits per heavy atom. The van der Waals surface area contributed by atoms with Gasteiger partial charge >= 0.3 is 0 Å². The van der Waals surface area contributed by atoms with E-state index < -0.39 is 5.82 Å². The lowest BCUT2D eigenvalue weighted by molar-refractivity contribution is 0.394. The highest BCUT2D eigenvalue weighted by atomic mass is 79.9. The molecule has 14 heavy (non-hydrogen) atoms. The Morgan fingerprint density at radius 2 is 2.43 bits per heavy atom. The number of halogens is 2. The van der Waals surface area contributed by atoms with Crippen molar-refractivity contribution in [1.29, 1.82) is 0 Å². The van der Waals surface area contributed by atoms with Gasteiger partial charge in [-0.25, -0.2) is 9.37 Å². The van der Waals surface area contributed by atoms with Crippen LogP contribution < -0.4 is 4.74 Å². The van der Waals surface area contributed by atoms with E-state index in [-0.39, 0.29) is 0 Å². The molecule has 0 aromatic carbocycles. The Morgan fingerprint density at radius 3 is 3.07 bits per heavy atom. The Balaban J connectivity index is 2.94. The molecule has 1 aromatic heterocycles. The fourth-order valence-electron chi connectivity index (χ4n) is 0.884. The molecule has 0 unspecified atom stereocenters. The van der Waals surface area contributed by atoms with E-state index in [9.17, 15) is 4.39 Å². The summed E-state index contributed by atoms with van der Waals surface area (Å²) < 4.78 is 17.7. The molecule has 0 amide bonds. The minimum Gasteiger partial charge on any atom is -0.480 e. The number of nitrogens with zero attached hydrogens (tertiary/aromatic N) is 1. The van der Waals surface area contributed by atoms with Crippen LogP contribution in [0.3, 0.4) is 0 Å². The summed E-state index contributed by atoms with van der Waals surface area (Å²) in [6.45, 7) is 0. The first-order valence-electron chi connectivity index (χ1n) is 4.02. The summed E-state index contributed by atoms with van der Waals surface area (Å²) in [4.78, 5) is 3.76. The largest absolute Gasteiger partial charge is 0.480 e.